The van der Waals surface area contributed by atoms with Crippen LogP contribution in [0.3, 0.4) is 0 Å². The summed E-state index contributed by atoms with van der Waals surface area (Å²) in [5, 5.41) is 3.88. The van der Waals surface area contributed by atoms with E-state index in [0.717, 1.165) is 16.7 Å². The Morgan fingerprint density at radius 3 is 2.34 bits per heavy atom. The van der Waals surface area contributed by atoms with E-state index in [9.17, 15) is 18.4 Å². The summed E-state index contributed by atoms with van der Waals surface area (Å²) >= 11 is 1.33. The highest BCUT2D eigenvalue weighted by Crippen LogP contribution is 2.33. The Labute approximate surface area is 257 Å². The van der Waals surface area contributed by atoms with E-state index >= 15 is 0 Å². The largest absolute Gasteiger partial charge is 0.489 e. The number of amides is 1. The molecule has 0 unspecified atom stereocenters. The van der Waals surface area contributed by atoms with Crippen molar-refractivity contribution in [2.24, 2.45) is 0 Å². The van der Waals surface area contributed by atoms with Gasteiger partial charge in [-0.1, -0.05) is 59.8 Å². The summed E-state index contributed by atoms with van der Waals surface area (Å²) in [4.78, 5) is 28.2. The topological polar surface area (TPSA) is 81.9 Å². The monoisotopic (exact) mass is 614 g/mol. The molecule has 0 N–H and O–H groups in total. The zero-order valence-corrected chi connectivity index (χ0v) is 24.6. The van der Waals surface area contributed by atoms with Crippen molar-refractivity contribution in [1.82, 2.24) is 10.1 Å². The van der Waals surface area contributed by atoms with Crippen LogP contribution in [0.2, 0.25) is 0 Å². The lowest BCUT2D eigenvalue weighted by molar-refractivity contribution is -0.145. The van der Waals surface area contributed by atoms with Crippen LogP contribution in [-0.4, -0.2) is 34.7 Å². The number of hydrogen-bond donors (Lipinski definition) is 0. The standard InChI is InChI=1S/C34H28F2N2O5S/c1-44-32-18-31(36)30(35)17-29(32)25-10-12-28(13-11-25)41-22-24-8-5-9-26(16-24)34(40)38(19-27-14-15-43-37-27)20-33(39)42-21-23-6-3-2-4-7-23/h2-18H,19-22H2,1H3. The fraction of sp³-hybridized carbons (Fsp3) is 0.147. The number of aromatic nitrogens is 1. The number of carbonyl (C=O) groups excluding carboxylic acids is 2. The van der Waals surface area contributed by atoms with Crippen molar-refractivity contribution in [1.29, 1.82) is 0 Å². The predicted octanol–water partition coefficient (Wildman–Crippen LogP) is 7.31. The molecule has 0 aliphatic heterocycles. The van der Waals surface area contributed by atoms with Gasteiger partial charge in [0.15, 0.2) is 11.6 Å². The van der Waals surface area contributed by atoms with Gasteiger partial charge in [0.25, 0.3) is 5.91 Å². The Kier molecular flexibility index (Phi) is 10.0. The maximum absolute atomic E-state index is 13.9. The van der Waals surface area contributed by atoms with Crippen LogP contribution < -0.4 is 4.74 Å². The molecular weight excluding hydrogens is 586 g/mol. The summed E-state index contributed by atoms with van der Waals surface area (Å²) in [5.74, 6) is -2.17. The Balaban J connectivity index is 1.24. The van der Waals surface area contributed by atoms with E-state index < -0.39 is 17.6 Å². The third-order valence-corrected chi connectivity index (χ3v) is 7.46. The van der Waals surface area contributed by atoms with Crippen molar-refractivity contribution in [2.75, 3.05) is 12.8 Å². The van der Waals surface area contributed by atoms with E-state index in [1.807, 2.05) is 36.4 Å². The number of benzene rings is 4. The van der Waals surface area contributed by atoms with Crippen LogP contribution in [0.25, 0.3) is 11.1 Å². The summed E-state index contributed by atoms with van der Waals surface area (Å²) in [6.07, 6.45) is 3.20. The number of hydrogen-bond acceptors (Lipinski definition) is 7. The molecule has 0 aliphatic carbocycles. The number of carbonyl (C=O) groups is 2. The normalized spacial score (nSPS) is 10.8. The Morgan fingerprint density at radius 1 is 0.864 bits per heavy atom. The molecule has 0 aliphatic rings. The van der Waals surface area contributed by atoms with Gasteiger partial charge >= 0.3 is 5.97 Å². The highest BCUT2D eigenvalue weighted by molar-refractivity contribution is 7.98. The summed E-state index contributed by atoms with van der Waals surface area (Å²) in [5.41, 5.74) is 3.75. The second-order valence-corrected chi connectivity index (χ2v) is 10.6. The van der Waals surface area contributed by atoms with Gasteiger partial charge in [-0.3, -0.25) is 9.59 Å². The van der Waals surface area contributed by atoms with Crippen LogP contribution in [0.15, 0.2) is 113 Å². The van der Waals surface area contributed by atoms with Gasteiger partial charge in [0.1, 0.15) is 37.5 Å². The van der Waals surface area contributed by atoms with Gasteiger partial charge in [-0.2, -0.15) is 0 Å². The van der Waals surface area contributed by atoms with E-state index in [-0.39, 0.29) is 32.2 Å². The average molecular weight is 615 g/mol. The van der Waals surface area contributed by atoms with Crippen LogP contribution in [0.5, 0.6) is 5.75 Å². The van der Waals surface area contributed by atoms with Crippen LogP contribution in [-0.2, 0) is 29.3 Å². The van der Waals surface area contributed by atoms with Gasteiger partial charge in [0.05, 0.1) is 6.54 Å². The molecule has 224 valence electrons. The summed E-state index contributed by atoms with van der Waals surface area (Å²) in [6.45, 7) is 0.0456. The molecule has 0 spiro atoms. The number of nitrogens with zero attached hydrogens (tertiary/aromatic N) is 2. The minimum Gasteiger partial charge on any atom is -0.489 e. The maximum Gasteiger partial charge on any atom is 0.326 e. The van der Waals surface area contributed by atoms with Gasteiger partial charge < -0.3 is 18.9 Å². The fourth-order valence-corrected chi connectivity index (χ4v) is 5.07. The smallest absolute Gasteiger partial charge is 0.326 e. The maximum atomic E-state index is 13.9. The third-order valence-electron chi connectivity index (χ3n) is 6.68. The molecule has 0 fully saturated rings. The number of ether oxygens (including phenoxy) is 2. The van der Waals surface area contributed by atoms with Gasteiger partial charge in [0, 0.05) is 16.5 Å². The molecule has 0 radical (unpaired) electrons. The first kappa shape index (κ1) is 30.5. The Hall–Kier alpha value is -4.96. The number of thioether (sulfide) groups is 1. The second kappa shape index (κ2) is 14.5. The first-order chi connectivity index (χ1) is 21.4. The SMILES string of the molecule is CSc1cc(F)c(F)cc1-c1ccc(OCc2cccc(C(=O)N(CC(=O)OCc3ccccc3)Cc3ccon3)c2)cc1. The number of halogens is 2. The summed E-state index contributed by atoms with van der Waals surface area (Å²) in [7, 11) is 0. The molecule has 0 saturated carbocycles. The molecule has 0 atom stereocenters. The molecule has 44 heavy (non-hydrogen) atoms. The van der Waals surface area contributed by atoms with Crippen LogP contribution in [0, 0.1) is 11.6 Å². The molecule has 7 nitrogen and oxygen atoms in total. The van der Waals surface area contributed by atoms with Crippen molar-refractivity contribution >= 4 is 23.6 Å². The average Bonchev–Trinajstić information content (AvgIpc) is 3.57. The van der Waals surface area contributed by atoms with Crippen LogP contribution in [0.1, 0.15) is 27.2 Å². The van der Waals surface area contributed by atoms with Gasteiger partial charge in [-0.05, 0) is 64.9 Å². The number of rotatable bonds is 12. The molecule has 1 aromatic heterocycles. The molecule has 5 aromatic rings. The molecule has 1 amide bonds. The van der Waals surface area contributed by atoms with Gasteiger partial charge in [0.2, 0.25) is 0 Å². The summed E-state index contributed by atoms with van der Waals surface area (Å²) < 4.78 is 43.8. The molecule has 10 heteroatoms. The fourth-order valence-electron chi connectivity index (χ4n) is 4.45. The first-order valence-electron chi connectivity index (χ1n) is 13.6. The zero-order chi connectivity index (χ0) is 30.9. The minimum atomic E-state index is -0.906. The molecule has 0 bridgehead atoms. The van der Waals surface area contributed by atoms with E-state index in [4.69, 9.17) is 14.0 Å². The van der Waals surface area contributed by atoms with Crippen molar-refractivity contribution < 1.29 is 32.4 Å². The minimum absolute atomic E-state index is 0.0546. The lowest BCUT2D eigenvalue weighted by Crippen LogP contribution is -2.36. The molecule has 5 rings (SSSR count). The van der Waals surface area contributed by atoms with Crippen LogP contribution in [0.4, 0.5) is 8.78 Å². The highest BCUT2D eigenvalue weighted by Gasteiger charge is 2.22. The zero-order valence-electron chi connectivity index (χ0n) is 23.7. The second-order valence-electron chi connectivity index (χ2n) is 9.78. The van der Waals surface area contributed by atoms with E-state index in [1.54, 1.807) is 54.8 Å². The van der Waals surface area contributed by atoms with Crippen LogP contribution >= 0.6 is 11.8 Å². The first-order valence-corrected chi connectivity index (χ1v) is 14.9. The van der Waals surface area contributed by atoms with Gasteiger partial charge in [-0.15, -0.1) is 11.8 Å². The molecule has 4 aromatic carbocycles. The third kappa shape index (κ3) is 7.90. The van der Waals surface area contributed by atoms with Gasteiger partial charge in [-0.25, -0.2) is 8.78 Å². The molecule has 0 saturated heterocycles. The van der Waals surface area contributed by atoms with Crippen molar-refractivity contribution in [3.63, 3.8) is 0 Å². The lowest BCUT2D eigenvalue weighted by Gasteiger charge is -2.21. The predicted molar refractivity (Wildman–Crippen MR) is 162 cm³/mol. The molecular formula is C34H28F2N2O5S. The Bertz CT molecular complexity index is 1710. The highest BCUT2D eigenvalue weighted by atomic mass is 32.2. The van der Waals surface area contributed by atoms with E-state index in [2.05, 4.69) is 5.16 Å². The van der Waals surface area contributed by atoms with Crippen molar-refractivity contribution in [2.45, 2.75) is 24.7 Å². The molecule has 1 heterocycles. The Morgan fingerprint density at radius 2 is 1.61 bits per heavy atom. The van der Waals surface area contributed by atoms with Crippen molar-refractivity contribution in [3.05, 3.63) is 137 Å². The van der Waals surface area contributed by atoms with E-state index in [1.165, 1.54) is 35.1 Å². The quantitative estimate of drug-likeness (QED) is 0.108. The lowest BCUT2D eigenvalue weighted by atomic mass is 10.1. The van der Waals surface area contributed by atoms with E-state index in [0.29, 0.717) is 27.5 Å². The number of esters is 1. The summed E-state index contributed by atoms with van der Waals surface area (Å²) in [6, 6.07) is 27.3. The van der Waals surface area contributed by atoms with Crippen molar-refractivity contribution in [3.8, 4) is 16.9 Å².